The first-order chi connectivity index (χ1) is 13.6. The number of methoxy groups -OCH3 is 1. The highest BCUT2D eigenvalue weighted by Gasteiger charge is 2.56. The Bertz CT molecular complexity index is 691. The molecule has 3 aliphatic rings. The number of hydrogen-bond acceptors (Lipinski definition) is 4. The van der Waals surface area contributed by atoms with Crippen LogP contribution in [0.1, 0.15) is 68.9 Å². The van der Waals surface area contributed by atoms with Gasteiger partial charge >= 0.3 is 0 Å². The van der Waals surface area contributed by atoms with E-state index in [0.717, 1.165) is 38.1 Å². The zero-order valence-corrected chi connectivity index (χ0v) is 17.6. The third-order valence-corrected chi connectivity index (χ3v) is 8.08. The number of piperidine rings is 1. The molecule has 1 aliphatic heterocycles. The average molecular weight is 388 g/mol. The van der Waals surface area contributed by atoms with E-state index >= 15 is 0 Å². The monoisotopic (exact) mass is 387 g/mol. The number of unbranched alkanes of at least 4 members (excludes halogenated alkanes) is 3. The van der Waals surface area contributed by atoms with Crippen LogP contribution in [0.2, 0.25) is 0 Å². The Hall–Kier alpha value is -1.26. The van der Waals surface area contributed by atoms with Crippen LogP contribution in [0.5, 0.6) is 11.5 Å². The van der Waals surface area contributed by atoms with E-state index in [1.54, 1.807) is 7.11 Å². The number of likely N-dealkylation sites (N-methyl/N-ethyl adjacent to an activating group) is 1. The second-order valence-corrected chi connectivity index (χ2v) is 9.49. The Morgan fingerprint density at radius 1 is 1.18 bits per heavy atom. The van der Waals surface area contributed by atoms with E-state index < -0.39 is 0 Å². The van der Waals surface area contributed by atoms with Gasteiger partial charge in [-0.15, -0.1) is 0 Å². The first kappa shape index (κ1) is 20.0. The lowest BCUT2D eigenvalue weighted by Gasteiger charge is -2.59. The predicted octanol–water partition coefficient (Wildman–Crippen LogP) is 4.26. The van der Waals surface area contributed by atoms with Crippen LogP contribution < -0.4 is 4.74 Å². The number of fused-ring (bicyclic) bond motifs is 1. The maximum Gasteiger partial charge on any atom is 0.161 e. The lowest BCUT2D eigenvalue weighted by Crippen LogP contribution is -2.60. The van der Waals surface area contributed by atoms with E-state index in [1.807, 2.05) is 6.07 Å². The number of hydrogen-bond donors (Lipinski definition) is 2. The maximum atomic E-state index is 11.1. The van der Waals surface area contributed by atoms with E-state index in [9.17, 15) is 5.11 Å². The van der Waals surface area contributed by atoms with Crippen LogP contribution in [-0.2, 0) is 11.8 Å². The molecule has 0 aromatic heterocycles. The van der Waals surface area contributed by atoms with Crippen molar-refractivity contribution in [3.05, 3.63) is 23.3 Å². The van der Waals surface area contributed by atoms with Crippen LogP contribution in [0.25, 0.3) is 0 Å². The fourth-order valence-corrected chi connectivity index (χ4v) is 6.74. The number of nitrogens with zero attached hydrogens (tertiary/aromatic N) is 1. The second-order valence-electron chi connectivity index (χ2n) is 9.49. The molecule has 2 bridgehead atoms. The molecular formula is C24H37NO3. The summed E-state index contributed by atoms with van der Waals surface area (Å²) < 4.78 is 5.49. The SMILES string of the molecule is COc1ccc2c(c1O)[C@@]13CCN(C)[C@@H](C2)[C@@H]1CCC(CCCCCCO)C3. The predicted molar refractivity (Wildman–Crippen MR) is 112 cm³/mol. The van der Waals surface area contributed by atoms with E-state index in [4.69, 9.17) is 9.84 Å². The fraction of sp³-hybridized carbons (Fsp3) is 0.750. The molecule has 1 heterocycles. The van der Waals surface area contributed by atoms with Gasteiger partial charge in [-0.2, -0.15) is 0 Å². The van der Waals surface area contributed by atoms with Crippen LogP contribution in [0.4, 0.5) is 0 Å². The Kier molecular flexibility index (Phi) is 5.89. The van der Waals surface area contributed by atoms with Gasteiger partial charge in [0.05, 0.1) is 7.11 Å². The van der Waals surface area contributed by atoms with E-state index in [2.05, 4.69) is 18.0 Å². The van der Waals surface area contributed by atoms with Gasteiger partial charge in [0.2, 0.25) is 0 Å². The zero-order valence-electron chi connectivity index (χ0n) is 17.6. The number of aliphatic hydroxyl groups is 1. The Morgan fingerprint density at radius 2 is 2.00 bits per heavy atom. The third kappa shape index (κ3) is 3.33. The third-order valence-electron chi connectivity index (χ3n) is 8.08. The summed E-state index contributed by atoms with van der Waals surface area (Å²) in [5.41, 5.74) is 2.69. The fourth-order valence-electron chi connectivity index (χ4n) is 6.74. The minimum atomic E-state index is 0.122. The normalized spacial score (nSPS) is 31.9. The summed E-state index contributed by atoms with van der Waals surface area (Å²) in [6, 6.07) is 4.76. The molecule has 2 N–H and O–H groups in total. The van der Waals surface area contributed by atoms with Crippen molar-refractivity contribution in [2.75, 3.05) is 27.3 Å². The summed E-state index contributed by atoms with van der Waals surface area (Å²) in [6.45, 7) is 1.45. The molecule has 1 aromatic carbocycles. The summed E-state index contributed by atoms with van der Waals surface area (Å²) in [5, 5.41) is 20.1. The zero-order chi connectivity index (χ0) is 19.7. The average Bonchev–Trinajstić information content (AvgIpc) is 2.70. The number of phenolic OH excluding ortho intramolecular Hbond substituents is 1. The van der Waals surface area contributed by atoms with Crippen LogP contribution in [0, 0.1) is 11.8 Å². The van der Waals surface area contributed by atoms with Gasteiger partial charge in [-0.3, -0.25) is 0 Å². The molecule has 1 aromatic rings. The lowest BCUT2D eigenvalue weighted by molar-refractivity contribution is -0.0164. The van der Waals surface area contributed by atoms with E-state index in [1.165, 1.54) is 49.7 Å². The molecule has 156 valence electrons. The molecule has 4 nitrogen and oxygen atoms in total. The minimum Gasteiger partial charge on any atom is -0.504 e. The number of likely N-dealkylation sites (tertiary alicyclic amines) is 1. The van der Waals surface area contributed by atoms with Gasteiger partial charge < -0.3 is 19.8 Å². The number of rotatable bonds is 7. The molecule has 0 spiro atoms. The van der Waals surface area contributed by atoms with Crippen molar-refractivity contribution in [3.63, 3.8) is 0 Å². The molecule has 0 amide bonds. The van der Waals surface area contributed by atoms with Crippen molar-refractivity contribution in [2.24, 2.45) is 11.8 Å². The number of aromatic hydroxyl groups is 1. The van der Waals surface area contributed by atoms with Crippen LogP contribution in [-0.4, -0.2) is 48.5 Å². The lowest BCUT2D eigenvalue weighted by atomic mass is 9.50. The molecule has 1 saturated carbocycles. The number of benzene rings is 1. The van der Waals surface area contributed by atoms with Crippen LogP contribution in [0.3, 0.4) is 0 Å². The maximum absolute atomic E-state index is 11.1. The van der Waals surface area contributed by atoms with Gasteiger partial charge in [-0.1, -0.05) is 38.2 Å². The summed E-state index contributed by atoms with van der Waals surface area (Å²) in [4.78, 5) is 2.57. The highest BCUT2D eigenvalue weighted by atomic mass is 16.5. The quantitative estimate of drug-likeness (QED) is 0.687. The summed E-state index contributed by atoms with van der Waals surface area (Å²) in [5.74, 6) is 2.46. The van der Waals surface area contributed by atoms with Gasteiger partial charge in [0, 0.05) is 23.6 Å². The number of ether oxygens (including phenoxy) is 1. The van der Waals surface area contributed by atoms with Crippen molar-refractivity contribution in [1.82, 2.24) is 4.90 Å². The molecule has 4 atom stereocenters. The van der Waals surface area contributed by atoms with Gasteiger partial charge in [0.25, 0.3) is 0 Å². The van der Waals surface area contributed by atoms with Crippen molar-refractivity contribution in [1.29, 1.82) is 0 Å². The molecule has 1 unspecified atom stereocenters. The first-order valence-electron chi connectivity index (χ1n) is 11.3. The topological polar surface area (TPSA) is 52.9 Å². The van der Waals surface area contributed by atoms with Crippen molar-refractivity contribution in [3.8, 4) is 11.5 Å². The number of phenols is 1. The smallest absolute Gasteiger partial charge is 0.161 e. The largest absolute Gasteiger partial charge is 0.504 e. The Labute approximate surface area is 169 Å². The Morgan fingerprint density at radius 3 is 2.79 bits per heavy atom. The minimum absolute atomic E-state index is 0.122. The van der Waals surface area contributed by atoms with Crippen molar-refractivity contribution < 1.29 is 14.9 Å². The van der Waals surface area contributed by atoms with Gasteiger partial charge in [0.1, 0.15) is 0 Å². The second kappa shape index (κ2) is 8.23. The van der Waals surface area contributed by atoms with Crippen LogP contribution in [0.15, 0.2) is 12.1 Å². The van der Waals surface area contributed by atoms with Crippen molar-refractivity contribution >= 4 is 0 Å². The molecule has 4 heteroatoms. The molecular weight excluding hydrogens is 350 g/mol. The van der Waals surface area contributed by atoms with Gasteiger partial charge in [-0.05, 0) is 69.2 Å². The number of aliphatic hydroxyl groups excluding tert-OH is 1. The highest BCUT2D eigenvalue weighted by Crippen LogP contribution is 2.60. The first-order valence-corrected chi connectivity index (χ1v) is 11.3. The summed E-state index contributed by atoms with van der Waals surface area (Å²) in [6.07, 6.45) is 11.9. The highest BCUT2D eigenvalue weighted by molar-refractivity contribution is 5.56. The summed E-state index contributed by atoms with van der Waals surface area (Å²) in [7, 11) is 3.95. The van der Waals surface area contributed by atoms with Crippen molar-refractivity contribution in [2.45, 2.75) is 75.7 Å². The molecule has 28 heavy (non-hydrogen) atoms. The van der Waals surface area contributed by atoms with Gasteiger partial charge in [-0.25, -0.2) is 0 Å². The van der Waals surface area contributed by atoms with E-state index in [-0.39, 0.29) is 5.41 Å². The molecule has 1 saturated heterocycles. The molecule has 2 fully saturated rings. The van der Waals surface area contributed by atoms with Gasteiger partial charge in [0.15, 0.2) is 11.5 Å². The van der Waals surface area contributed by atoms with E-state index in [0.29, 0.717) is 30.1 Å². The summed E-state index contributed by atoms with van der Waals surface area (Å²) >= 11 is 0. The molecule has 4 rings (SSSR count). The standard InChI is InChI=1S/C24H37NO3/c1-25-13-12-24-16-17(7-5-3-4-6-14-26)8-10-19(24)20(25)15-18-9-11-21(28-2)23(27)22(18)24/h9,11,17,19-20,26-27H,3-8,10,12-16H2,1-2H3/t17?,19-,20-,24+/m0/s1. The molecule has 2 aliphatic carbocycles. The Balaban J connectivity index is 1.61. The van der Waals surface area contributed by atoms with Crippen LogP contribution >= 0.6 is 0 Å². The molecule has 0 radical (unpaired) electrons.